The molecule has 7 heteroatoms. The summed E-state index contributed by atoms with van der Waals surface area (Å²) in [4.78, 5) is 14.5. The summed E-state index contributed by atoms with van der Waals surface area (Å²) >= 11 is 5.47. The Bertz CT molecular complexity index is 664. The number of aromatic nitrogens is 2. The first-order valence-electron chi connectivity index (χ1n) is 10.9. The van der Waals surface area contributed by atoms with Crippen LogP contribution in [-0.4, -0.2) is 47.3 Å². The number of anilines is 3. The molecule has 2 N–H and O–H groups in total. The van der Waals surface area contributed by atoms with Gasteiger partial charge < -0.3 is 20.4 Å². The van der Waals surface area contributed by atoms with Crippen molar-refractivity contribution in [2.45, 2.75) is 65.8 Å². The third kappa shape index (κ3) is 5.69. The van der Waals surface area contributed by atoms with Crippen LogP contribution in [0.25, 0.3) is 0 Å². The second-order valence-electron chi connectivity index (χ2n) is 8.87. The lowest BCUT2D eigenvalue weighted by atomic mass is 10.0. The van der Waals surface area contributed by atoms with E-state index in [1.165, 1.54) is 32.1 Å². The highest BCUT2D eigenvalue weighted by molar-refractivity contribution is 7.80. The van der Waals surface area contributed by atoms with Crippen LogP contribution < -0.4 is 20.4 Å². The molecule has 2 saturated heterocycles. The molecular formula is C21H36N6S. The first-order valence-corrected chi connectivity index (χ1v) is 11.3. The average molecular weight is 405 g/mol. The average Bonchev–Trinajstić information content (AvgIpc) is 2.66. The molecule has 2 aliphatic heterocycles. The number of nitrogens with zero attached hydrogens (tertiary/aromatic N) is 4. The molecule has 3 rings (SSSR count). The van der Waals surface area contributed by atoms with Gasteiger partial charge in [-0.1, -0.05) is 20.8 Å². The van der Waals surface area contributed by atoms with Gasteiger partial charge >= 0.3 is 0 Å². The minimum atomic E-state index is 0.510. The molecule has 2 aliphatic rings. The zero-order valence-electron chi connectivity index (χ0n) is 17.9. The van der Waals surface area contributed by atoms with Gasteiger partial charge in [-0.2, -0.15) is 9.97 Å². The maximum Gasteiger partial charge on any atom is 0.232 e. The van der Waals surface area contributed by atoms with Gasteiger partial charge in [-0.05, 0) is 63.1 Å². The number of piperidine rings is 2. The number of thiocarbonyl (C=S) groups is 1. The number of hydrogen-bond acceptors (Lipinski definition) is 5. The summed E-state index contributed by atoms with van der Waals surface area (Å²) in [6.45, 7) is 13.0. The van der Waals surface area contributed by atoms with Gasteiger partial charge in [0.05, 0.1) is 0 Å². The van der Waals surface area contributed by atoms with Gasteiger partial charge in [0, 0.05) is 38.3 Å². The minimum Gasteiger partial charge on any atom is -0.362 e. The smallest absolute Gasteiger partial charge is 0.232 e. The highest BCUT2D eigenvalue weighted by Gasteiger charge is 2.24. The molecule has 28 heavy (non-hydrogen) atoms. The van der Waals surface area contributed by atoms with Crippen molar-refractivity contribution in [1.82, 2.24) is 15.3 Å². The van der Waals surface area contributed by atoms with Crippen molar-refractivity contribution in [2.75, 3.05) is 41.3 Å². The van der Waals surface area contributed by atoms with Gasteiger partial charge in [-0.15, -0.1) is 0 Å². The SMILES string of the molecule is CC(C)CNC(=S)Nc1nc(N2CCCC(C)C2)cc(N2CCCCC2C)n1. The molecule has 0 radical (unpaired) electrons. The van der Waals surface area contributed by atoms with Crippen molar-refractivity contribution in [3.05, 3.63) is 6.07 Å². The maximum absolute atomic E-state index is 5.47. The molecule has 2 unspecified atom stereocenters. The molecule has 1 aromatic rings. The van der Waals surface area contributed by atoms with Crippen LogP contribution in [0.1, 0.15) is 59.8 Å². The predicted molar refractivity (Wildman–Crippen MR) is 122 cm³/mol. The largest absolute Gasteiger partial charge is 0.362 e. The molecule has 2 atom stereocenters. The molecule has 0 spiro atoms. The molecule has 156 valence electrons. The van der Waals surface area contributed by atoms with Crippen LogP contribution in [-0.2, 0) is 0 Å². The van der Waals surface area contributed by atoms with Gasteiger partial charge in [-0.25, -0.2) is 0 Å². The van der Waals surface area contributed by atoms with Crippen LogP contribution in [0.4, 0.5) is 17.6 Å². The summed E-state index contributed by atoms with van der Waals surface area (Å²) in [5.74, 6) is 3.87. The third-order valence-electron chi connectivity index (χ3n) is 5.67. The second-order valence-corrected chi connectivity index (χ2v) is 9.28. The van der Waals surface area contributed by atoms with Crippen molar-refractivity contribution < 1.29 is 0 Å². The Morgan fingerprint density at radius 1 is 1.14 bits per heavy atom. The zero-order valence-corrected chi connectivity index (χ0v) is 18.7. The van der Waals surface area contributed by atoms with E-state index in [0.29, 0.717) is 28.9 Å². The molecule has 0 bridgehead atoms. The van der Waals surface area contributed by atoms with Crippen LogP contribution in [0.15, 0.2) is 6.07 Å². The number of hydrogen-bond donors (Lipinski definition) is 2. The van der Waals surface area contributed by atoms with Crippen LogP contribution in [0, 0.1) is 11.8 Å². The summed E-state index contributed by atoms with van der Waals surface area (Å²) < 4.78 is 0. The monoisotopic (exact) mass is 404 g/mol. The fourth-order valence-electron chi connectivity index (χ4n) is 4.07. The molecule has 0 saturated carbocycles. The normalized spacial score (nSPS) is 23.0. The molecule has 0 aliphatic carbocycles. The van der Waals surface area contributed by atoms with E-state index >= 15 is 0 Å². The van der Waals surface area contributed by atoms with Crippen LogP contribution in [0.2, 0.25) is 0 Å². The van der Waals surface area contributed by atoms with Crippen LogP contribution in [0.3, 0.4) is 0 Å². The van der Waals surface area contributed by atoms with E-state index in [2.05, 4.69) is 54.2 Å². The predicted octanol–water partition coefficient (Wildman–Crippen LogP) is 4.03. The lowest BCUT2D eigenvalue weighted by Gasteiger charge is -2.36. The summed E-state index contributed by atoms with van der Waals surface area (Å²) in [6, 6.07) is 2.69. The Morgan fingerprint density at radius 2 is 1.93 bits per heavy atom. The van der Waals surface area contributed by atoms with Crippen molar-refractivity contribution >= 4 is 34.9 Å². The zero-order chi connectivity index (χ0) is 20.1. The molecular weight excluding hydrogens is 368 g/mol. The molecule has 1 aromatic heterocycles. The fraction of sp³-hybridized carbons (Fsp3) is 0.762. The van der Waals surface area contributed by atoms with Crippen LogP contribution in [0.5, 0.6) is 0 Å². The van der Waals surface area contributed by atoms with E-state index in [-0.39, 0.29) is 0 Å². The van der Waals surface area contributed by atoms with Gasteiger partial charge in [-0.3, -0.25) is 0 Å². The quantitative estimate of drug-likeness (QED) is 0.719. The van der Waals surface area contributed by atoms with E-state index in [0.717, 1.165) is 37.8 Å². The standard InChI is InChI=1S/C21H36N6S/c1-15(2)13-22-21(28)25-20-23-18(26-10-7-8-16(3)14-26)12-19(24-20)27-11-6-5-9-17(27)4/h12,15-17H,5-11,13-14H2,1-4H3,(H2,22,23,24,25,28). The van der Waals surface area contributed by atoms with Gasteiger partial charge in [0.25, 0.3) is 0 Å². The van der Waals surface area contributed by atoms with Crippen LogP contribution >= 0.6 is 12.2 Å². The van der Waals surface area contributed by atoms with Crippen molar-refractivity contribution in [3.63, 3.8) is 0 Å². The first-order chi connectivity index (χ1) is 13.4. The number of nitrogens with one attached hydrogen (secondary N) is 2. The Morgan fingerprint density at radius 3 is 2.64 bits per heavy atom. The molecule has 3 heterocycles. The molecule has 0 aromatic carbocycles. The highest BCUT2D eigenvalue weighted by atomic mass is 32.1. The highest BCUT2D eigenvalue weighted by Crippen LogP contribution is 2.29. The first kappa shape index (κ1) is 21.1. The van der Waals surface area contributed by atoms with E-state index < -0.39 is 0 Å². The van der Waals surface area contributed by atoms with Crippen molar-refractivity contribution in [2.24, 2.45) is 11.8 Å². The Hall–Kier alpha value is -1.63. The Kier molecular flexibility index (Phi) is 7.32. The van der Waals surface area contributed by atoms with E-state index in [9.17, 15) is 0 Å². The van der Waals surface area contributed by atoms with Crippen molar-refractivity contribution in [1.29, 1.82) is 0 Å². The lowest BCUT2D eigenvalue weighted by molar-refractivity contribution is 0.444. The lowest BCUT2D eigenvalue weighted by Crippen LogP contribution is -2.39. The molecule has 0 amide bonds. The summed E-state index contributed by atoms with van der Waals surface area (Å²) in [5, 5.41) is 7.08. The van der Waals surface area contributed by atoms with Crippen molar-refractivity contribution in [3.8, 4) is 0 Å². The topological polar surface area (TPSA) is 56.3 Å². The summed E-state index contributed by atoms with van der Waals surface area (Å²) in [7, 11) is 0. The Labute approximate surface area is 175 Å². The summed E-state index contributed by atoms with van der Waals surface area (Å²) in [5.41, 5.74) is 0. The second kappa shape index (κ2) is 9.72. The van der Waals surface area contributed by atoms with Gasteiger partial charge in [0.2, 0.25) is 5.95 Å². The van der Waals surface area contributed by atoms with E-state index in [1.807, 2.05) is 0 Å². The minimum absolute atomic E-state index is 0.510. The fourth-order valence-corrected chi connectivity index (χ4v) is 4.24. The summed E-state index contributed by atoms with van der Waals surface area (Å²) in [6.07, 6.45) is 6.26. The third-order valence-corrected chi connectivity index (χ3v) is 5.92. The maximum atomic E-state index is 5.47. The van der Waals surface area contributed by atoms with E-state index in [1.54, 1.807) is 0 Å². The molecule has 6 nitrogen and oxygen atoms in total. The van der Waals surface area contributed by atoms with Gasteiger partial charge in [0.15, 0.2) is 5.11 Å². The van der Waals surface area contributed by atoms with Gasteiger partial charge in [0.1, 0.15) is 11.6 Å². The van der Waals surface area contributed by atoms with E-state index in [4.69, 9.17) is 22.2 Å². The molecule has 2 fully saturated rings. The Balaban J connectivity index is 1.84. The number of rotatable bonds is 5.